The van der Waals surface area contributed by atoms with Crippen LogP contribution in [-0.4, -0.2) is 36.0 Å². The normalized spacial score (nSPS) is 17.5. The highest BCUT2D eigenvalue weighted by molar-refractivity contribution is 6.51. The standard InChI is InChI=1S/C25H22N2O5/c1-15-6-4-8-18(12-15)27-22(17-7-5-11-26-14-17)21(24(29)25(27)30)23(28)16-9-10-19(31-2)20(13-16)32-3/h4-14,22,28H,1-3H3/b23-21-. The van der Waals surface area contributed by atoms with Crippen LogP contribution >= 0.6 is 0 Å². The number of aromatic nitrogens is 1. The van der Waals surface area contributed by atoms with Gasteiger partial charge < -0.3 is 14.6 Å². The summed E-state index contributed by atoms with van der Waals surface area (Å²) in [6.07, 6.45) is 3.19. The third-order valence-electron chi connectivity index (χ3n) is 5.38. The van der Waals surface area contributed by atoms with E-state index >= 15 is 0 Å². The number of aryl methyl sites for hydroxylation is 1. The van der Waals surface area contributed by atoms with Gasteiger partial charge in [-0.2, -0.15) is 0 Å². The van der Waals surface area contributed by atoms with Gasteiger partial charge in [-0.1, -0.05) is 18.2 Å². The molecule has 1 amide bonds. The van der Waals surface area contributed by atoms with Gasteiger partial charge in [0.25, 0.3) is 11.7 Å². The molecule has 3 aromatic rings. The maximum Gasteiger partial charge on any atom is 0.300 e. The van der Waals surface area contributed by atoms with Crippen molar-refractivity contribution in [3.63, 3.8) is 0 Å². The predicted octanol–water partition coefficient (Wildman–Crippen LogP) is 4.03. The molecule has 2 heterocycles. The van der Waals surface area contributed by atoms with Crippen molar-refractivity contribution in [3.05, 3.63) is 89.3 Å². The number of aliphatic hydroxyl groups is 1. The van der Waals surface area contributed by atoms with Crippen LogP contribution in [0.1, 0.15) is 22.7 Å². The first-order valence-corrected chi connectivity index (χ1v) is 9.96. The molecule has 0 bridgehead atoms. The van der Waals surface area contributed by atoms with Gasteiger partial charge in [0, 0.05) is 23.6 Å². The minimum atomic E-state index is -0.835. The monoisotopic (exact) mass is 430 g/mol. The van der Waals surface area contributed by atoms with E-state index in [9.17, 15) is 14.7 Å². The number of hydrogen-bond donors (Lipinski definition) is 1. The molecule has 1 aliphatic heterocycles. The van der Waals surface area contributed by atoms with Gasteiger partial charge in [0.15, 0.2) is 11.5 Å². The van der Waals surface area contributed by atoms with Crippen LogP contribution in [0.15, 0.2) is 72.6 Å². The fourth-order valence-corrected chi connectivity index (χ4v) is 3.87. The van der Waals surface area contributed by atoms with Gasteiger partial charge in [0.1, 0.15) is 5.76 Å². The highest BCUT2D eigenvalue weighted by Gasteiger charge is 2.47. The average Bonchev–Trinajstić information content (AvgIpc) is 3.09. The number of amides is 1. The second-order valence-electron chi connectivity index (χ2n) is 7.36. The van der Waals surface area contributed by atoms with Crippen LogP contribution in [0.5, 0.6) is 11.5 Å². The van der Waals surface area contributed by atoms with E-state index in [4.69, 9.17) is 9.47 Å². The van der Waals surface area contributed by atoms with Crippen LogP contribution in [0, 0.1) is 6.92 Å². The van der Waals surface area contributed by atoms with Crippen molar-refractivity contribution in [3.8, 4) is 11.5 Å². The van der Waals surface area contributed by atoms with Crippen molar-refractivity contribution in [1.82, 2.24) is 4.98 Å². The molecule has 1 fully saturated rings. The summed E-state index contributed by atoms with van der Waals surface area (Å²) in [7, 11) is 2.99. The smallest absolute Gasteiger partial charge is 0.300 e. The maximum atomic E-state index is 13.2. The Morgan fingerprint density at radius 3 is 2.44 bits per heavy atom. The molecule has 162 valence electrons. The summed E-state index contributed by atoms with van der Waals surface area (Å²) in [4.78, 5) is 31.9. The third kappa shape index (κ3) is 3.58. The number of ether oxygens (including phenoxy) is 2. The lowest BCUT2D eigenvalue weighted by atomic mass is 9.96. The third-order valence-corrected chi connectivity index (χ3v) is 5.38. The van der Waals surface area contributed by atoms with Crippen LogP contribution in [0.4, 0.5) is 5.69 Å². The largest absolute Gasteiger partial charge is 0.507 e. The molecule has 0 spiro atoms. The molecule has 0 aliphatic carbocycles. The molecular formula is C25H22N2O5. The van der Waals surface area contributed by atoms with Crippen molar-refractivity contribution in [1.29, 1.82) is 0 Å². The fourth-order valence-electron chi connectivity index (χ4n) is 3.87. The van der Waals surface area contributed by atoms with Crippen molar-refractivity contribution in [2.45, 2.75) is 13.0 Å². The maximum absolute atomic E-state index is 13.2. The first-order chi connectivity index (χ1) is 15.5. The summed E-state index contributed by atoms with van der Waals surface area (Å²) in [5.74, 6) is -0.914. The van der Waals surface area contributed by atoms with Crippen LogP contribution in [0.3, 0.4) is 0 Å². The molecule has 1 N–H and O–H groups in total. The quantitative estimate of drug-likeness (QED) is 0.373. The van der Waals surface area contributed by atoms with E-state index in [0.717, 1.165) is 5.56 Å². The number of aliphatic hydroxyl groups excluding tert-OH is 1. The number of methoxy groups -OCH3 is 2. The Morgan fingerprint density at radius 2 is 1.78 bits per heavy atom. The molecule has 2 aromatic carbocycles. The number of Topliss-reactive ketones (excluding diaryl/α,β-unsaturated/α-hetero) is 1. The van der Waals surface area contributed by atoms with Gasteiger partial charge in [0.05, 0.1) is 25.8 Å². The van der Waals surface area contributed by atoms with Crippen molar-refractivity contribution in [2.24, 2.45) is 0 Å². The Bertz CT molecular complexity index is 1220. The summed E-state index contributed by atoms with van der Waals surface area (Å²) >= 11 is 0. The summed E-state index contributed by atoms with van der Waals surface area (Å²) in [6.45, 7) is 1.91. The number of rotatable bonds is 5. The van der Waals surface area contributed by atoms with Gasteiger partial charge in [0.2, 0.25) is 0 Å². The zero-order chi connectivity index (χ0) is 22.8. The summed E-state index contributed by atoms with van der Waals surface area (Å²) < 4.78 is 10.6. The highest BCUT2D eigenvalue weighted by atomic mass is 16.5. The van der Waals surface area contributed by atoms with Gasteiger partial charge >= 0.3 is 0 Å². The molecule has 1 saturated heterocycles. The number of hydrogen-bond acceptors (Lipinski definition) is 6. The van der Waals surface area contributed by atoms with Gasteiger partial charge in [-0.15, -0.1) is 0 Å². The number of pyridine rings is 1. The van der Waals surface area contributed by atoms with Gasteiger partial charge in [-0.3, -0.25) is 19.5 Å². The molecule has 1 atom stereocenters. The number of ketones is 1. The van der Waals surface area contributed by atoms with Crippen LogP contribution in [0.25, 0.3) is 5.76 Å². The van der Waals surface area contributed by atoms with E-state index in [1.165, 1.54) is 19.1 Å². The zero-order valence-electron chi connectivity index (χ0n) is 17.9. The number of anilines is 1. The van der Waals surface area contributed by atoms with E-state index in [0.29, 0.717) is 28.3 Å². The first kappa shape index (κ1) is 21.1. The molecule has 1 unspecified atom stereocenters. The predicted molar refractivity (Wildman–Crippen MR) is 120 cm³/mol. The van der Waals surface area contributed by atoms with Crippen LogP contribution in [-0.2, 0) is 9.59 Å². The summed E-state index contributed by atoms with van der Waals surface area (Å²) in [6, 6.07) is 14.8. The Morgan fingerprint density at radius 1 is 1.00 bits per heavy atom. The molecule has 32 heavy (non-hydrogen) atoms. The zero-order valence-corrected chi connectivity index (χ0v) is 17.9. The second kappa shape index (κ2) is 8.55. The first-order valence-electron chi connectivity index (χ1n) is 9.96. The number of nitrogens with zero attached hydrogens (tertiary/aromatic N) is 2. The van der Waals surface area contributed by atoms with E-state index in [2.05, 4.69) is 4.98 Å². The second-order valence-corrected chi connectivity index (χ2v) is 7.36. The number of carbonyl (C=O) groups is 2. The average molecular weight is 430 g/mol. The molecule has 7 heteroatoms. The Balaban J connectivity index is 1.93. The topological polar surface area (TPSA) is 89.0 Å². The van der Waals surface area contributed by atoms with Gasteiger partial charge in [-0.25, -0.2) is 0 Å². The molecule has 0 saturated carbocycles. The summed E-state index contributed by atoms with van der Waals surface area (Å²) in [5, 5.41) is 11.2. The lowest BCUT2D eigenvalue weighted by Crippen LogP contribution is -2.29. The lowest BCUT2D eigenvalue weighted by molar-refractivity contribution is -0.132. The van der Waals surface area contributed by atoms with Crippen molar-refractivity contribution < 1.29 is 24.2 Å². The SMILES string of the molecule is COc1ccc(/C(O)=C2/C(=O)C(=O)N(c3cccc(C)c3)C2c2cccnc2)cc1OC. The lowest BCUT2D eigenvalue weighted by Gasteiger charge is -2.25. The molecular weight excluding hydrogens is 408 g/mol. The highest BCUT2D eigenvalue weighted by Crippen LogP contribution is 2.42. The van der Waals surface area contributed by atoms with Crippen molar-refractivity contribution in [2.75, 3.05) is 19.1 Å². The molecule has 1 aromatic heterocycles. The molecule has 7 nitrogen and oxygen atoms in total. The summed E-state index contributed by atoms with van der Waals surface area (Å²) in [5.41, 5.74) is 2.42. The fraction of sp³-hybridized carbons (Fsp3) is 0.160. The molecule has 0 radical (unpaired) electrons. The van der Waals surface area contributed by atoms with Gasteiger partial charge in [-0.05, 0) is 54.4 Å². The van der Waals surface area contributed by atoms with Crippen LogP contribution < -0.4 is 14.4 Å². The number of benzene rings is 2. The van der Waals surface area contributed by atoms with Crippen LogP contribution in [0.2, 0.25) is 0 Å². The van der Waals surface area contributed by atoms with E-state index in [1.54, 1.807) is 48.8 Å². The minimum Gasteiger partial charge on any atom is -0.507 e. The van der Waals surface area contributed by atoms with E-state index in [-0.39, 0.29) is 11.3 Å². The molecule has 1 aliphatic rings. The van der Waals surface area contributed by atoms with Crippen molar-refractivity contribution >= 4 is 23.1 Å². The van der Waals surface area contributed by atoms with E-state index < -0.39 is 17.7 Å². The Labute approximate surface area is 185 Å². The van der Waals surface area contributed by atoms with E-state index in [1.807, 2.05) is 25.1 Å². The Hall–Kier alpha value is -4.13. The number of carbonyl (C=O) groups excluding carboxylic acids is 2. The molecule has 4 rings (SSSR count). The Kier molecular flexibility index (Phi) is 5.64. The minimum absolute atomic E-state index is 0.0169.